The minimum Gasteiger partial charge on any atom is -0.370 e. The van der Waals surface area contributed by atoms with Crippen LogP contribution in [0.4, 0.5) is 11.6 Å². The fourth-order valence-electron chi connectivity index (χ4n) is 3.01. The van der Waals surface area contributed by atoms with Crippen LogP contribution < -0.4 is 10.2 Å². The summed E-state index contributed by atoms with van der Waals surface area (Å²) in [5.41, 5.74) is 1.18. The summed E-state index contributed by atoms with van der Waals surface area (Å²) in [5.74, 6) is 2.95. The van der Waals surface area contributed by atoms with Gasteiger partial charge in [-0.3, -0.25) is 0 Å². The van der Waals surface area contributed by atoms with Crippen molar-refractivity contribution in [1.82, 2.24) is 9.97 Å². The van der Waals surface area contributed by atoms with E-state index < -0.39 is 0 Å². The van der Waals surface area contributed by atoms with E-state index in [2.05, 4.69) is 36.1 Å². The molecule has 1 fully saturated rings. The molecule has 1 N–H and O–H groups in total. The number of aryl methyl sites for hydroxylation is 1. The molecule has 1 aliphatic rings. The van der Waals surface area contributed by atoms with Gasteiger partial charge in [-0.15, -0.1) is 0 Å². The van der Waals surface area contributed by atoms with Crippen LogP contribution in [-0.2, 0) is 0 Å². The van der Waals surface area contributed by atoms with Gasteiger partial charge in [0, 0.05) is 25.2 Å². The number of nitrogens with one attached hydrogen (secondary N) is 1. The minimum absolute atomic E-state index is 0.635. The van der Waals surface area contributed by atoms with E-state index >= 15 is 0 Å². The van der Waals surface area contributed by atoms with E-state index in [-0.39, 0.29) is 0 Å². The highest BCUT2D eigenvalue weighted by Gasteiger charge is 2.22. The third-order valence-electron chi connectivity index (χ3n) is 4.23. The maximum absolute atomic E-state index is 4.69. The lowest BCUT2D eigenvalue weighted by atomic mass is 9.94. The first-order chi connectivity index (χ1) is 9.63. The fraction of sp³-hybridized carbons (Fsp3) is 0.750. The van der Waals surface area contributed by atoms with Crippen molar-refractivity contribution in [2.75, 3.05) is 23.8 Å². The smallest absolute Gasteiger partial charge is 0.137 e. The third-order valence-corrected chi connectivity index (χ3v) is 4.23. The number of anilines is 2. The third kappa shape index (κ3) is 3.41. The van der Waals surface area contributed by atoms with Gasteiger partial charge in [0.05, 0.1) is 0 Å². The Balaban J connectivity index is 2.22. The molecule has 0 atom stereocenters. The number of hydrogen-bond acceptors (Lipinski definition) is 4. The zero-order valence-electron chi connectivity index (χ0n) is 13.4. The van der Waals surface area contributed by atoms with Gasteiger partial charge in [-0.2, -0.15) is 0 Å². The second-order valence-corrected chi connectivity index (χ2v) is 5.90. The van der Waals surface area contributed by atoms with Gasteiger partial charge in [0.2, 0.25) is 0 Å². The van der Waals surface area contributed by atoms with E-state index in [1.165, 1.54) is 37.7 Å². The topological polar surface area (TPSA) is 41.1 Å². The van der Waals surface area contributed by atoms with Gasteiger partial charge in [-0.25, -0.2) is 9.97 Å². The molecule has 0 aliphatic heterocycles. The standard InChI is InChI=1S/C16H28N4/c1-5-11-17-15-12(2)16(19-13(3)18-15)20(4)14-9-7-6-8-10-14/h14H,5-11H2,1-4H3,(H,17,18,19). The summed E-state index contributed by atoms with van der Waals surface area (Å²) in [6, 6.07) is 0.635. The molecular weight excluding hydrogens is 248 g/mol. The van der Waals surface area contributed by atoms with E-state index in [4.69, 9.17) is 4.98 Å². The van der Waals surface area contributed by atoms with Crippen LogP contribution in [0.25, 0.3) is 0 Å². The Morgan fingerprint density at radius 2 is 1.85 bits per heavy atom. The van der Waals surface area contributed by atoms with Crippen molar-refractivity contribution in [3.63, 3.8) is 0 Å². The molecule has 0 amide bonds. The van der Waals surface area contributed by atoms with Crippen LogP contribution in [0.1, 0.15) is 56.8 Å². The molecule has 1 heterocycles. The maximum atomic E-state index is 4.69. The molecule has 1 aliphatic carbocycles. The highest BCUT2D eigenvalue weighted by molar-refractivity contribution is 5.58. The molecule has 2 rings (SSSR count). The van der Waals surface area contributed by atoms with E-state index in [9.17, 15) is 0 Å². The summed E-state index contributed by atoms with van der Waals surface area (Å²) in [6.07, 6.45) is 7.76. The minimum atomic E-state index is 0.635. The molecule has 1 aromatic rings. The summed E-state index contributed by atoms with van der Waals surface area (Å²) in [5, 5.41) is 3.42. The van der Waals surface area contributed by atoms with Gasteiger partial charge in [-0.1, -0.05) is 26.2 Å². The molecule has 4 nitrogen and oxygen atoms in total. The van der Waals surface area contributed by atoms with Gasteiger partial charge < -0.3 is 10.2 Å². The summed E-state index contributed by atoms with van der Waals surface area (Å²) in [6.45, 7) is 7.25. The average molecular weight is 276 g/mol. The van der Waals surface area contributed by atoms with Crippen molar-refractivity contribution in [1.29, 1.82) is 0 Å². The SMILES string of the molecule is CCCNc1nc(C)nc(N(C)C2CCCCC2)c1C. The van der Waals surface area contributed by atoms with Gasteiger partial charge in [0.1, 0.15) is 17.5 Å². The van der Waals surface area contributed by atoms with Crippen LogP contribution >= 0.6 is 0 Å². The molecule has 0 saturated heterocycles. The fourth-order valence-corrected chi connectivity index (χ4v) is 3.01. The zero-order chi connectivity index (χ0) is 14.5. The second-order valence-electron chi connectivity index (χ2n) is 5.90. The normalized spacial score (nSPS) is 16.2. The van der Waals surface area contributed by atoms with Crippen LogP contribution in [-0.4, -0.2) is 29.6 Å². The highest BCUT2D eigenvalue weighted by Crippen LogP contribution is 2.29. The van der Waals surface area contributed by atoms with Crippen molar-refractivity contribution in [3.8, 4) is 0 Å². The molecule has 4 heteroatoms. The lowest BCUT2D eigenvalue weighted by molar-refractivity contribution is 0.425. The molecular formula is C16H28N4. The lowest BCUT2D eigenvalue weighted by Crippen LogP contribution is -2.34. The molecule has 0 unspecified atom stereocenters. The Hall–Kier alpha value is -1.32. The largest absolute Gasteiger partial charge is 0.370 e. The first-order valence-corrected chi connectivity index (χ1v) is 7.95. The quantitative estimate of drug-likeness (QED) is 0.890. The summed E-state index contributed by atoms with van der Waals surface area (Å²) in [4.78, 5) is 11.6. The van der Waals surface area contributed by atoms with Crippen molar-refractivity contribution in [2.45, 2.75) is 65.3 Å². The van der Waals surface area contributed by atoms with Gasteiger partial charge in [0.25, 0.3) is 0 Å². The second kappa shape index (κ2) is 6.91. The van der Waals surface area contributed by atoms with Crippen LogP contribution in [0.2, 0.25) is 0 Å². The van der Waals surface area contributed by atoms with Crippen molar-refractivity contribution < 1.29 is 0 Å². The van der Waals surface area contributed by atoms with E-state index in [1.54, 1.807) is 0 Å². The van der Waals surface area contributed by atoms with Gasteiger partial charge in [0.15, 0.2) is 0 Å². The van der Waals surface area contributed by atoms with E-state index in [0.29, 0.717) is 6.04 Å². The maximum Gasteiger partial charge on any atom is 0.137 e. The average Bonchev–Trinajstić information content (AvgIpc) is 2.48. The molecule has 20 heavy (non-hydrogen) atoms. The molecule has 1 aromatic heterocycles. The number of aromatic nitrogens is 2. The monoisotopic (exact) mass is 276 g/mol. The Morgan fingerprint density at radius 3 is 2.50 bits per heavy atom. The number of nitrogens with zero attached hydrogens (tertiary/aromatic N) is 3. The van der Waals surface area contributed by atoms with Crippen LogP contribution in [0, 0.1) is 13.8 Å². The first-order valence-electron chi connectivity index (χ1n) is 7.95. The Kier molecular flexibility index (Phi) is 5.21. The number of hydrogen-bond donors (Lipinski definition) is 1. The van der Waals surface area contributed by atoms with Crippen molar-refractivity contribution in [2.24, 2.45) is 0 Å². The Morgan fingerprint density at radius 1 is 1.15 bits per heavy atom. The molecule has 0 bridgehead atoms. The molecule has 0 spiro atoms. The molecule has 0 aromatic carbocycles. The summed E-state index contributed by atoms with van der Waals surface area (Å²) < 4.78 is 0. The predicted molar refractivity (Wildman–Crippen MR) is 85.6 cm³/mol. The zero-order valence-corrected chi connectivity index (χ0v) is 13.4. The number of rotatable bonds is 5. The first kappa shape index (κ1) is 15.1. The molecule has 1 saturated carbocycles. The highest BCUT2D eigenvalue weighted by atomic mass is 15.2. The van der Waals surface area contributed by atoms with E-state index in [0.717, 1.165) is 30.4 Å². The lowest BCUT2D eigenvalue weighted by Gasteiger charge is -2.33. The molecule has 112 valence electrons. The van der Waals surface area contributed by atoms with Gasteiger partial charge in [-0.05, 0) is 33.1 Å². The van der Waals surface area contributed by atoms with Crippen molar-refractivity contribution in [3.05, 3.63) is 11.4 Å². The van der Waals surface area contributed by atoms with E-state index in [1.807, 2.05) is 6.92 Å². The summed E-state index contributed by atoms with van der Waals surface area (Å²) in [7, 11) is 2.19. The van der Waals surface area contributed by atoms with Crippen molar-refractivity contribution >= 4 is 11.6 Å². The summed E-state index contributed by atoms with van der Waals surface area (Å²) >= 11 is 0. The van der Waals surface area contributed by atoms with Crippen LogP contribution in [0.3, 0.4) is 0 Å². The predicted octanol–water partition coefficient (Wildman–Crippen LogP) is 3.68. The Bertz CT molecular complexity index is 438. The Labute approximate surface area is 123 Å². The van der Waals surface area contributed by atoms with Gasteiger partial charge >= 0.3 is 0 Å². The molecule has 0 radical (unpaired) electrons. The van der Waals surface area contributed by atoms with Crippen LogP contribution in [0.15, 0.2) is 0 Å². The van der Waals surface area contributed by atoms with Crippen LogP contribution in [0.5, 0.6) is 0 Å².